The van der Waals surface area contributed by atoms with Crippen LogP contribution in [0.15, 0.2) is 30.5 Å². The van der Waals surface area contributed by atoms with Gasteiger partial charge >= 0.3 is 0 Å². The average molecular weight is 286 g/mol. The van der Waals surface area contributed by atoms with Gasteiger partial charge in [0.25, 0.3) is 0 Å². The molecule has 1 aliphatic rings. The van der Waals surface area contributed by atoms with Crippen LogP contribution in [0.3, 0.4) is 0 Å². The molecule has 1 N–H and O–H groups in total. The van der Waals surface area contributed by atoms with Crippen LogP contribution in [0.1, 0.15) is 27.4 Å². The predicted molar refractivity (Wildman–Crippen MR) is 80.7 cm³/mol. The zero-order valence-corrected chi connectivity index (χ0v) is 12.4. The molecule has 0 saturated heterocycles. The lowest BCUT2D eigenvalue weighted by molar-refractivity contribution is -0.125. The van der Waals surface area contributed by atoms with E-state index in [9.17, 15) is 4.79 Å². The molecule has 0 unspecified atom stereocenters. The second kappa shape index (κ2) is 5.75. The van der Waals surface area contributed by atoms with E-state index in [4.69, 9.17) is 0 Å². The lowest BCUT2D eigenvalue weighted by atomic mass is 9.83. The Morgan fingerprint density at radius 1 is 1.40 bits per heavy atom. The Kier molecular flexibility index (Phi) is 3.83. The number of nitrogens with zero attached hydrogens (tertiary/aromatic N) is 1. The van der Waals surface area contributed by atoms with Gasteiger partial charge in [0.15, 0.2) is 0 Å². The van der Waals surface area contributed by atoms with Gasteiger partial charge in [0.1, 0.15) is 5.01 Å². The Bertz CT molecular complexity index is 620. The van der Waals surface area contributed by atoms with Crippen molar-refractivity contribution in [2.75, 3.05) is 0 Å². The van der Waals surface area contributed by atoms with E-state index in [0.717, 1.165) is 24.3 Å². The molecular weight excluding hydrogens is 268 g/mol. The molecule has 2 aromatic rings. The Morgan fingerprint density at radius 3 is 2.95 bits per heavy atom. The first-order valence-corrected chi connectivity index (χ1v) is 7.80. The van der Waals surface area contributed by atoms with Crippen molar-refractivity contribution in [2.24, 2.45) is 5.92 Å². The number of hydrogen-bond donors (Lipinski definition) is 1. The van der Waals surface area contributed by atoms with Crippen LogP contribution in [0, 0.1) is 12.8 Å². The van der Waals surface area contributed by atoms with Gasteiger partial charge in [0, 0.05) is 17.0 Å². The fourth-order valence-corrected chi connectivity index (χ4v) is 3.44. The van der Waals surface area contributed by atoms with Crippen molar-refractivity contribution in [3.63, 3.8) is 0 Å². The maximum Gasteiger partial charge on any atom is 0.223 e. The molecular formula is C16H18N2OS. The lowest BCUT2D eigenvalue weighted by Crippen LogP contribution is -2.33. The van der Waals surface area contributed by atoms with E-state index >= 15 is 0 Å². The van der Waals surface area contributed by atoms with Gasteiger partial charge in [-0.1, -0.05) is 24.3 Å². The minimum absolute atomic E-state index is 0.103. The number of benzene rings is 1. The smallest absolute Gasteiger partial charge is 0.223 e. The molecule has 1 aromatic carbocycles. The van der Waals surface area contributed by atoms with Crippen LogP contribution in [0.25, 0.3) is 0 Å². The summed E-state index contributed by atoms with van der Waals surface area (Å²) in [6.45, 7) is 2.58. The number of aromatic nitrogens is 1. The Hall–Kier alpha value is -1.68. The number of nitrogens with one attached hydrogen (secondary N) is 1. The molecule has 4 heteroatoms. The van der Waals surface area contributed by atoms with E-state index in [2.05, 4.69) is 34.6 Å². The summed E-state index contributed by atoms with van der Waals surface area (Å²) in [4.78, 5) is 17.7. The maximum absolute atomic E-state index is 12.3. The number of hydrogen-bond acceptors (Lipinski definition) is 3. The summed E-state index contributed by atoms with van der Waals surface area (Å²) in [5, 5.41) is 4.00. The molecule has 104 valence electrons. The molecule has 20 heavy (non-hydrogen) atoms. The van der Waals surface area contributed by atoms with Crippen LogP contribution >= 0.6 is 11.3 Å². The maximum atomic E-state index is 12.3. The van der Waals surface area contributed by atoms with E-state index in [1.807, 2.05) is 13.1 Å². The number of carbonyl (C=O) groups is 1. The van der Waals surface area contributed by atoms with Crippen molar-refractivity contribution in [2.45, 2.75) is 32.7 Å². The topological polar surface area (TPSA) is 42.0 Å². The standard InChI is InChI=1S/C16H18N2OS/c1-11-9-17-15(20-11)10-18-16(19)14-7-6-12-4-2-3-5-13(12)8-14/h2-5,9,14H,6-8,10H2,1H3,(H,18,19)/t14-/m0/s1. The van der Waals surface area contributed by atoms with E-state index in [1.165, 1.54) is 16.0 Å². The third kappa shape index (κ3) is 2.90. The van der Waals surface area contributed by atoms with Gasteiger partial charge in [0.05, 0.1) is 6.54 Å². The van der Waals surface area contributed by atoms with Crippen LogP contribution in [-0.2, 0) is 24.2 Å². The van der Waals surface area contributed by atoms with E-state index in [1.54, 1.807) is 11.3 Å². The fraction of sp³-hybridized carbons (Fsp3) is 0.375. The summed E-state index contributed by atoms with van der Waals surface area (Å²) in [5.74, 6) is 0.262. The summed E-state index contributed by atoms with van der Waals surface area (Å²) >= 11 is 1.64. The minimum Gasteiger partial charge on any atom is -0.349 e. The van der Waals surface area contributed by atoms with Crippen LogP contribution in [-0.4, -0.2) is 10.9 Å². The summed E-state index contributed by atoms with van der Waals surface area (Å²) < 4.78 is 0. The highest BCUT2D eigenvalue weighted by Crippen LogP contribution is 2.25. The third-order valence-corrected chi connectivity index (χ3v) is 4.71. The number of carbonyl (C=O) groups excluding carboxylic acids is 1. The van der Waals surface area contributed by atoms with Gasteiger partial charge in [-0.2, -0.15) is 0 Å². The molecule has 0 aliphatic heterocycles. The number of fused-ring (bicyclic) bond motifs is 1. The number of amides is 1. The first-order valence-electron chi connectivity index (χ1n) is 6.98. The molecule has 3 nitrogen and oxygen atoms in total. The summed E-state index contributed by atoms with van der Waals surface area (Å²) in [7, 11) is 0. The highest BCUT2D eigenvalue weighted by Gasteiger charge is 2.24. The zero-order valence-electron chi connectivity index (χ0n) is 11.6. The molecule has 1 amide bonds. The number of thiazole rings is 1. The quantitative estimate of drug-likeness (QED) is 0.942. The highest BCUT2D eigenvalue weighted by atomic mass is 32.1. The monoisotopic (exact) mass is 286 g/mol. The second-order valence-electron chi connectivity index (χ2n) is 5.29. The second-order valence-corrected chi connectivity index (χ2v) is 6.61. The van der Waals surface area contributed by atoms with Crippen LogP contribution in [0.5, 0.6) is 0 Å². The van der Waals surface area contributed by atoms with Crippen molar-refractivity contribution in [3.05, 3.63) is 51.5 Å². The molecule has 0 spiro atoms. The Balaban J connectivity index is 1.59. The molecule has 1 atom stereocenters. The Labute approximate surface area is 123 Å². The van der Waals surface area contributed by atoms with Gasteiger partial charge in [-0.05, 0) is 37.3 Å². The van der Waals surface area contributed by atoms with E-state index < -0.39 is 0 Å². The molecule has 1 aromatic heterocycles. The zero-order chi connectivity index (χ0) is 13.9. The summed E-state index contributed by atoms with van der Waals surface area (Å²) in [6.07, 6.45) is 4.66. The molecule has 0 bridgehead atoms. The van der Waals surface area contributed by atoms with Crippen molar-refractivity contribution in [1.29, 1.82) is 0 Å². The largest absolute Gasteiger partial charge is 0.349 e. The van der Waals surface area contributed by atoms with Crippen molar-refractivity contribution >= 4 is 17.2 Å². The molecule has 0 radical (unpaired) electrons. The van der Waals surface area contributed by atoms with Gasteiger partial charge in [-0.25, -0.2) is 4.98 Å². The normalized spacial score (nSPS) is 17.6. The van der Waals surface area contributed by atoms with Crippen LogP contribution in [0.2, 0.25) is 0 Å². The van der Waals surface area contributed by atoms with Crippen molar-refractivity contribution < 1.29 is 4.79 Å². The van der Waals surface area contributed by atoms with E-state index in [0.29, 0.717) is 6.54 Å². The van der Waals surface area contributed by atoms with E-state index in [-0.39, 0.29) is 11.8 Å². The van der Waals surface area contributed by atoms with Gasteiger partial charge in [-0.15, -0.1) is 11.3 Å². The molecule has 1 aliphatic carbocycles. The van der Waals surface area contributed by atoms with Gasteiger partial charge < -0.3 is 5.32 Å². The lowest BCUT2D eigenvalue weighted by Gasteiger charge is -2.23. The highest BCUT2D eigenvalue weighted by molar-refractivity contribution is 7.11. The minimum atomic E-state index is 0.103. The first kappa shape index (κ1) is 13.3. The Morgan fingerprint density at radius 2 is 2.20 bits per heavy atom. The molecule has 0 fully saturated rings. The SMILES string of the molecule is Cc1cnc(CNC(=O)[C@H]2CCc3ccccc3C2)s1. The first-order chi connectivity index (χ1) is 9.72. The van der Waals surface area contributed by atoms with Crippen LogP contribution < -0.4 is 5.32 Å². The summed E-state index contributed by atoms with van der Waals surface area (Å²) in [6, 6.07) is 8.43. The van der Waals surface area contributed by atoms with Crippen molar-refractivity contribution in [3.8, 4) is 0 Å². The van der Waals surface area contributed by atoms with Gasteiger partial charge in [0.2, 0.25) is 5.91 Å². The molecule has 3 rings (SSSR count). The number of aryl methyl sites for hydroxylation is 2. The van der Waals surface area contributed by atoms with Crippen molar-refractivity contribution in [1.82, 2.24) is 10.3 Å². The molecule has 0 saturated carbocycles. The molecule has 1 heterocycles. The predicted octanol–water partition coefficient (Wildman–Crippen LogP) is 2.87. The fourth-order valence-electron chi connectivity index (χ4n) is 2.71. The average Bonchev–Trinajstić information content (AvgIpc) is 2.90. The summed E-state index contributed by atoms with van der Waals surface area (Å²) in [5.41, 5.74) is 2.72. The number of rotatable bonds is 3. The van der Waals surface area contributed by atoms with Crippen LogP contribution in [0.4, 0.5) is 0 Å². The van der Waals surface area contributed by atoms with Gasteiger partial charge in [-0.3, -0.25) is 4.79 Å². The third-order valence-electron chi connectivity index (χ3n) is 3.80.